The van der Waals surface area contributed by atoms with Crippen LogP contribution in [0.25, 0.3) is 0 Å². The standard InChI is InChI=1S/C19H19F3N4O3S2/c1-18(5-6-30-17(23)26-18)12-7-13(9-14(8-12)31(2,28)29)25-16(27)15-4-3-11(10-24-15)19(20,21)22/h3-4,7-10H,5-6H2,1-2H3,(H2,23,26)(H,25,27). The lowest BCUT2D eigenvalue weighted by atomic mass is 9.89. The molecule has 0 aliphatic carbocycles. The van der Waals surface area contributed by atoms with Gasteiger partial charge in [0.05, 0.1) is 16.0 Å². The molecule has 0 saturated carbocycles. The maximum atomic E-state index is 12.7. The Balaban J connectivity index is 1.97. The molecule has 1 aromatic carbocycles. The van der Waals surface area contributed by atoms with Crippen molar-refractivity contribution in [1.29, 1.82) is 0 Å². The highest BCUT2D eigenvalue weighted by Crippen LogP contribution is 2.37. The first-order valence-corrected chi connectivity index (χ1v) is 11.8. The summed E-state index contributed by atoms with van der Waals surface area (Å²) in [7, 11) is -3.63. The second kappa shape index (κ2) is 8.15. The largest absolute Gasteiger partial charge is 0.417 e. The summed E-state index contributed by atoms with van der Waals surface area (Å²) in [6, 6.07) is 6.02. The van der Waals surface area contributed by atoms with Gasteiger partial charge < -0.3 is 11.1 Å². The predicted octanol–water partition coefficient (Wildman–Crippen LogP) is 3.42. The van der Waals surface area contributed by atoms with Crippen molar-refractivity contribution in [1.82, 2.24) is 4.98 Å². The number of nitrogens with two attached hydrogens (primary N) is 1. The average molecular weight is 473 g/mol. The number of amidine groups is 1. The van der Waals surface area contributed by atoms with Gasteiger partial charge in [0, 0.05) is 23.9 Å². The van der Waals surface area contributed by atoms with E-state index < -0.39 is 33.0 Å². The first-order valence-electron chi connectivity index (χ1n) is 8.96. The van der Waals surface area contributed by atoms with Gasteiger partial charge in [-0.3, -0.25) is 14.8 Å². The molecule has 12 heteroatoms. The van der Waals surface area contributed by atoms with Crippen molar-refractivity contribution < 1.29 is 26.4 Å². The number of carbonyl (C=O) groups is 1. The number of anilines is 1. The third kappa shape index (κ3) is 5.37. The van der Waals surface area contributed by atoms with Crippen molar-refractivity contribution in [2.24, 2.45) is 10.7 Å². The molecule has 1 amide bonds. The Morgan fingerprint density at radius 1 is 1.26 bits per heavy atom. The summed E-state index contributed by atoms with van der Waals surface area (Å²) >= 11 is 1.39. The molecule has 0 radical (unpaired) electrons. The lowest BCUT2D eigenvalue weighted by Crippen LogP contribution is -2.29. The molecule has 1 atom stereocenters. The van der Waals surface area contributed by atoms with Gasteiger partial charge in [0.2, 0.25) is 0 Å². The van der Waals surface area contributed by atoms with E-state index in [9.17, 15) is 26.4 Å². The third-order valence-corrected chi connectivity index (χ3v) is 6.62. The molecule has 2 heterocycles. The number of sulfone groups is 1. The van der Waals surface area contributed by atoms with E-state index in [1.54, 1.807) is 6.07 Å². The Hall–Kier alpha value is -2.60. The van der Waals surface area contributed by atoms with Crippen molar-refractivity contribution in [3.8, 4) is 0 Å². The Bertz CT molecular complexity index is 1150. The zero-order valence-electron chi connectivity index (χ0n) is 16.5. The van der Waals surface area contributed by atoms with Crippen LogP contribution < -0.4 is 11.1 Å². The predicted molar refractivity (Wildman–Crippen MR) is 113 cm³/mol. The number of amides is 1. The van der Waals surface area contributed by atoms with E-state index in [0.717, 1.165) is 18.4 Å². The van der Waals surface area contributed by atoms with Gasteiger partial charge in [0.25, 0.3) is 5.91 Å². The number of pyridine rings is 1. The van der Waals surface area contributed by atoms with Gasteiger partial charge in [0.15, 0.2) is 15.0 Å². The normalized spacial score (nSPS) is 19.6. The molecule has 0 fully saturated rings. The second-order valence-corrected chi connectivity index (χ2v) is 10.4. The van der Waals surface area contributed by atoms with Crippen LogP contribution in [0, 0.1) is 0 Å². The summed E-state index contributed by atoms with van der Waals surface area (Å²) in [6.45, 7) is 1.81. The molecule has 166 valence electrons. The number of nitrogens with zero attached hydrogens (tertiary/aromatic N) is 2. The molecular weight excluding hydrogens is 453 g/mol. The minimum Gasteiger partial charge on any atom is -0.379 e. The van der Waals surface area contributed by atoms with E-state index in [4.69, 9.17) is 5.73 Å². The van der Waals surface area contributed by atoms with Crippen LogP contribution in [0.5, 0.6) is 0 Å². The van der Waals surface area contributed by atoms with Gasteiger partial charge in [-0.15, -0.1) is 0 Å². The number of carbonyl (C=O) groups excluding carboxylic acids is 1. The number of hydrogen-bond donors (Lipinski definition) is 2. The molecule has 0 spiro atoms. The highest BCUT2D eigenvalue weighted by Gasteiger charge is 2.32. The lowest BCUT2D eigenvalue weighted by Gasteiger charge is -2.30. The van der Waals surface area contributed by atoms with Crippen molar-refractivity contribution in [2.45, 2.75) is 30.0 Å². The van der Waals surface area contributed by atoms with Crippen LogP contribution >= 0.6 is 11.8 Å². The maximum absolute atomic E-state index is 12.7. The molecule has 31 heavy (non-hydrogen) atoms. The number of benzene rings is 1. The van der Waals surface area contributed by atoms with Crippen molar-refractivity contribution in [3.63, 3.8) is 0 Å². The molecule has 1 aliphatic rings. The smallest absolute Gasteiger partial charge is 0.379 e. The van der Waals surface area contributed by atoms with Crippen LogP contribution in [0.15, 0.2) is 46.4 Å². The summed E-state index contributed by atoms with van der Waals surface area (Å²) in [5, 5.41) is 2.88. The summed E-state index contributed by atoms with van der Waals surface area (Å²) in [4.78, 5) is 20.5. The van der Waals surface area contributed by atoms with E-state index in [1.807, 2.05) is 6.92 Å². The SMILES string of the molecule is CC1(c2cc(NC(=O)c3ccc(C(F)(F)F)cn3)cc(S(C)(=O)=O)c2)CCSC(N)=N1. The van der Waals surface area contributed by atoms with Crippen LogP contribution in [0.2, 0.25) is 0 Å². The van der Waals surface area contributed by atoms with Crippen molar-refractivity contribution in [2.75, 3.05) is 17.3 Å². The summed E-state index contributed by atoms with van der Waals surface area (Å²) < 4.78 is 62.4. The fourth-order valence-corrected chi connectivity index (χ4v) is 4.64. The highest BCUT2D eigenvalue weighted by molar-refractivity contribution is 8.13. The molecule has 7 nitrogen and oxygen atoms in total. The quantitative estimate of drug-likeness (QED) is 0.705. The number of rotatable bonds is 4. The van der Waals surface area contributed by atoms with Crippen LogP contribution in [0.4, 0.5) is 18.9 Å². The van der Waals surface area contributed by atoms with E-state index in [1.165, 1.54) is 23.9 Å². The Morgan fingerprint density at radius 2 is 1.97 bits per heavy atom. The van der Waals surface area contributed by atoms with E-state index in [-0.39, 0.29) is 16.3 Å². The molecule has 1 aromatic heterocycles. The fraction of sp³-hybridized carbons (Fsp3) is 0.316. The highest BCUT2D eigenvalue weighted by atomic mass is 32.2. The number of nitrogens with one attached hydrogen (secondary N) is 1. The molecule has 3 N–H and O–H groups in total. The summed E-state index contributed by atoms with van der Waals surface area (Å²) in [6.07, 6.45) is -2.38. The van der Waals surface area contributed by atoms with Gasteiger partial charge in [-0.25, -0.2) is 8.42 Å². The first kappa shape index (κ1) is 23.1. The summed E-state index contributed by atoms with van der Waals surface area (Å²) in [5.74, 6) is -0.0933. The van der Waals surface area contributed by atoms with Gasteiger partial charge >= 0.3 is 6.18 Å². The zero-order chi connectivity index (χ0) is 23.0. The van der Waals surface area contributed by atoms with Crippen LogP contribution in [0.3, 0.4) is 0 Å². The molecule has 0 saturated heterocycles. The number of aromatic nitrogens is 1. The number of hydrogen-bond acceptors (Lipinski definition) is 7. The minimum absolute atomic E-state index is 0.0334. The molecule has 1 unspecified atom stereocenters. The number of thioether (sulfide) groups is 1. The summed E-state index contributed by atoms with van der Waals surface area (Å²) in [5.41, 5.74) is 4.51. The Morgan fingerprint density at radius 3 is 2.52 bits per heavy atom. The molecule has 0 bridgehead atoms. The molecule has 2 aromatic rings. The van der Waals surface area contributed by atoms with Gasteiger partial charge in [0.1, 0.15) is 5.69 Å². The minimum atomic E-state index is -4.57. The van der Waals surface area contributed by atoms with Crippen LogP contribution in [0.1, 0.15) is 35.0 Å². The van der Waals surface area contributed by atoms with E-state index in [0.29, 0.717) is 29.1 Å². The lowest BCUT2D eigenvalue weighted by molar-refractivity contribution is -0.137. The molecular formula is C19H19F3N4O3S2. The number of alkyl halides is 3. The number of halogens is 3. The van der Waals surface area contributed by atoms with Gasteiger partial charge in [-0.1, -0.05) is 11.8 Å². The van der Waals surface area contributed by atoms with E-state index in [2.05, 4.69) is 15.3 Å². The Labute approximate surface area is 181 Å². The van der Waals surface area contributed by atoms with Crippen LogP contribution in [-0.4, -0.2) is 36.5 Å². The Kier molecular flexibility index (Phi) is 6.07. The van der Waals surface area contributed by atoms with Crippen LogP contribution in [-0.2, 0) is 21.6 Å². The van der Waals surface area contributed by atoms with Crippen molar-refractivity contribution >= 4 is 38.4 Å². The maximum Gasteiger partial charge on any atom is 0.417 e. The van der Waals surface area contributed by atoms with Gasteiger partial charge in [-0.2, -0.15) is 13.2 Å². The van der Waals surface area contributed by atoms with Crippen molar-refractivity contribution in [3.05, 3.63) is 53.3 Å². The average Bonchev–Trinajstić information content (AvgIpc) is 2.66. The fourth-order valence-electron chi connectivity index (χ4n) is 2.98. The number of aliphatic imine (C=N–C) groups is 1. The zero-order valence-corrected chi connectivity index (χ0v) is 18.2. The second-order valence-electron chi connectivity index (χ2n) is 7.22. The third-order valence-electron chi connectivity index (χ3n) is 4.73. The van der Waals surface area contributed by atoms with E-state index >= 15 is 0 Å². The van der Waals surface area contributed by atoms with Gasteiger partial charge in [-0.05, 0) is 49.2 Å². The first-order chi connectivity index (χ1) is 14.3. The topological polar surface area (TPSA) is 115 Å². The molecule has 3 rings (SSSR count). The molecule has 1 aliphatic heterocycles. The monoisotopic (exact) mass is 472 g/mol.